The highest BCUT2D eigenvalue weighted by Crippen LogP contribution is 2.33. The van der Waals surface area contributed by atoms with Crippen molar-refractivity contribution in [3.05, 3.63) is 61.1 Å². The molecule has 0 spiro atoms. The fourth-order valence-electron chi connectivity index (χ4n) is 4.30. The van der Waals surface area contributed by atoms with Gasteiger partial charge in [0.05, 0.1) is 15.9 Å². The monoisotopic (exact) mass is 441 g/mol. The van der Waals surface area contributed by atoms with Crippen molar-refractivity contribution in [2.75, 3.05) is 5.32 Å². The van der Waals surface area contributed by atoms with Gasteiger partial charge < -0.3 is 15.0 Å². The van der Waals surface area contributed by atoms with Gasteiger partial charge in [-0.2, -0.15) is 0 Å². The standard InChI is InChI=1S/C25H23N5OS/c1-2-4-18(5-3-1)29-25-30-21-7-6-19(14-23(21)32-25)31-20-9-11-26-22(13-20)17-12-16-8-10-27-24(16)28-15-17/h6-15,18H,1-5H2,(H,27,28)(H,29,30). The van der Waals surface area contributed by atoms with Gasteiger partial charge in [0, 0.05) is 47.7 Å². The molecule has 2 N–H and O–H groups in total. The molecule has 1 fully saturated rings. The Morgan fingerprint density at radius 1 is 0.969 bits per heavy atom. The lowest BCUT2D eigenvalue weighted by Crippen LogP contribution is -2.21. The highest BCUT2D eigenvalue weighted by atomic mass is 32.1. The van der Waals surface area contributed by atoms with E-state index < -0.39 is 0 Å². The van der Waals surface area contributed by atoms with Crippen molar-refractivity contribution in [1.82, 2.24) is 19.9 Å². The number of rotatable bonds is 5. The maximum Gasteiger partial charge on any atom is 0.184 e. The molecule has 32 heavy (non-hydrogen) atoms. The lowest BCUT2D eigenvalue weighted by atomic mass is 9.96. The van der Waals surface area contributed by atoms with Crippen molar-refractivity contribution in [2.45, 2.75) is 38.1 Å². The van der Waals surface area contributed by atoms with E-state index in [4.69, 9.17) is 9.72 Å². The molecule has 0 unspecified atom stereocenters. The maximum atomic E-state index is 6.17. The molecule has 4 aromatic heterocycles. The van der Waals surface area contributed by atoms with Gasteiger partial charge in [-0.25, -0.2) is 9.97 Å². The molecule has 7 heteroatoms. The van der Waals surface area contributed by atoms with E-state index >= 15 is 0 Å². The number of thiazole rings is 1. The Hall–Kier alpha value is -3.45. The van der Waals surface area contributed by atoms with Crippen molar-refractivity contribution in [3.63, 3.8) is 0 Å². The van der Waals surface area contributed by atoms with Gasteiger partial charge in [-0.05, 0) is 43.2 Å². The third kappa shape index (κ3) is 3.91. The molecule has 1 aromatic carbocycles. The number of nitrogens with zero attached hydrogens (tertiary/aromatic N) is 3. The second-order valence-corrected chi connectivity index (χ2v) is 9.28. The first-order chi connectivity index (χ1) is 15.8. The van der Waals surface area contributed by atoms with E-state index in [-0.39, 0.29) is 0 Å². The average Bonchev–Trinajstić information content (AvgIpc) is 3.45. The van der Waals surface area contributed by atoms with Crippen molar-refractivity contribution in [2.24, 2.45) is 0 Å². The molecule has 0 bridgehead atoms. The minimum atomic E-state index is 0.551. The van der Waals surface area contributed by atoms with Crippen LogP contribution in [0.25, 0.3) is 32.5 Å². The van der Waals surface area contributed by atoms with Gasteiger partial charge in [0.1, 0.15) is 17.1 Å². The number of pyridine rings is 2. The fraction of sp³-hybridized carbons (Fsp3) is 0.240. The van der Waals surface area contributed by atoms with E-state index in [0.717, 1.165) is 49.1 Å². The molecule has 0 radical (unpaired) electrons. The number of aromatic nitrogens is 4. The summed E-state index contributed by atoms with van der Waals surface area (Å²) in [6.07, 6.45) is 11.9. The Morgan fingerprint density at radius 3 is 2.81 bits per heavy atom. The molecule has 1 saturated carbocycles. The van der Waals surface area contributed by atoms with E-state index in [1.54, 1.807) is 17.5 Å². The minimum absolute atomic E-state index is 0.551. The van der Waals surface area contributed by atoms with Crippen molar-refractivity contribution >= 4 is 37.7 Å². The molecule has 6 nitrogen and oxygen atoms in total. The predicted octanol–water partition coefficient (Wildman–Crippen LogP) is 6.77. The number of aromatic amines is 1. The Labute approximate surface area is 189 Å². The molecule has 0 amide bonds. The van der Waals surface area contributed by atoms with Crippen LogP contribution in [0, 0.1) is 0 Å². The normalized spacial score (nSPS) is 14.8. The van der Waals surface area contributed by atoms with Gasteiger partial charge in [-0.1, -0.05) is 30.6 Å². The zero-order valence-electron chi connectivity index (χ0n) is 17.5. The first kappa shape index (κ1) is 19.3. The van der Waals surface area contributed by atoms with Gasteiger partial charge in [0.25, 0.3) is 0 Å². The second kappa shape index (κ2) is 8.24. The average molecular weight is 442 g/mol. The van der Waals surface area contributed by atoms with Crippen LogP contribution in [0.1, 0.15) is 32.1 Å². The van der Waals surface area contributed by atoms with Crippen LogP contribution in [0.2, 0.25) is 0 Å². The summed E-state index contributed by atoms with van der Waals surface area (Å²) in [5, 5.41) is 5.69. The Bertz CT molecular complexity index is 1390. The summed E-state index contributed by atoms with van der Waals surface area (Å²) in [4.78, 5) is 16.8. The molecule has 0 atom stereocenters. The van der Waals surface area contributed by atoms with E-state index in [9.17, 15) is 0 Å². The molecule has 1 aliphatic carbocycles. The number of ether oxygens (including phenoxy) is 1. The molecular weight excluding hydrogens is 418 g/mol. The van der Waals surface area contributed by atoms with Gasteiger partial charge in [0.15, 0.2) is 5.13 Å². The zero-order valence-corrected chi connectivity index (χ0v) is 18.4. The highest BCUT2D eigenvalue weighted by Gasteiger charge is 2.15. The summed E-state index contributed by atoms with van der Waals surface area (Å²) in [7, 11) is 0. The topological polar surface area (TPSA) is 75.7 Å². The van der Waals surface area contributed by atoms with Crippen molar-refractivity contribution in [3.8, 4) is 22.8 Å². The van der Waals surface area contributed by atoms with Gasteiger partial charge >= 0.3 is 0 Å². The summed E-state index contributed by atoms with van der Waals surface area (Å²) < 4.78 is 7.29. The van der Waals surface area contributed by atoms with Crippen LogP contribution < -0.4 is 10.1 Å². The maximum absolute atomic E-state index is 6.17. The first-order valence-corrected chi connectivity index (χ1v) is 11.9. The summed E-state index contributed by atoms with van der Waals surface area (Å²) >= 11 is 1.69. The van der Waals surface area contributed by atoms with Crippen molar-refractivity contribution in [1.29, 1.82) is 0 Å². The largest absolute Gasteiger partial charge is 0.457 e. The Balaban J connectivity index is 1.22. The predicted molar refractivity (Wildman–Crippen MR) is 130 cm³/mol. The lowest BCUT2D eigenvalue weighted by Gasteiger charge is -2.22. The Morgan fingerprint density at radius 2 is 1.88 bits per heavy atom. The van der Waals surface area contributed by atoms with Crippen LogP contribution in [0.5, 0.6) is 11.5 Å². The molecular formula is C25H23N5OS. The summed E-state index contributed by atoms with van der Waals surface area (Å²) in [6, 6.07) is 14.5. The number of H-pyrrole nitrogens is 1. The Kier molecular flexibility index (Phi) is 4.96. The quantitative estimate of drug-likeness (QED) is 0.315. The minimum Gasteiger partial charge on any atom is -0.457 e. The van der Waals surface area contributed by atoms with Gasteiger partial charge in [-0.3, -0.25) is 4.98 Å². The molecule has 0 saturated heterocycles. The highest BCUT2D eigenvalue weighted by molar-refractivity contribution is 7.22. The van der Waals surface area contributed by atoms with Crippen LogP contribution in [0.4, 0.5) is 5.13 Å². The lowest BCUT2D eigenvalue weighted by molar-refractivity contribution is 0.462. The van der Waals surface area contributed by atoms with Crippen LogP contribution in [0.3, 0.4) is 0 Å². The fourth-order valence-corrected chi connectivity index (χ4v) is 5.27. The zero-order chi connectivity index (χ0) is 21.3. The number of nitrogens with one attached hydrogen (secondary N) is 2. The summed E-state index contributed by atoms with van der Waals surface area (Å²) in [5.74, 6) is 1.54. The molecule has 4 heterocycles. The molecule has 5 aromatic rings. The number of anilines is 1. The first-order valence-electron chi connectivity index (χ1n) is 11.0. The third-order valence-corrected chi connectivity index (χ3v) is 6.91. The van der Waals surface area contributed by atoms with Crippen LogP contribution in [-0.4, -0.2) is 26.0 Å². The summed E-state index contributed by atoms with van der Waals surface area (Å²) in [6.45, 7) is 0. The van der Waals surface area contributed by atoms with E-state index in [1.807, 2.05) is 42.7 Å². The molecule has 1 aliphatic rings. The van der Waals surface area contributed by atoms with Crippen LogP contribution in [-0.2, 0) is 0 Å². The second-order valence-electron chi connectivity index (χ2n) is 8.25. The van der Waals surface area contributed by atoms with E-state index in [1.165, 1.54) is 32.1 Å². The van der Waals surface area contributed by atoms with E-state index in [2.05, 4.69) is 32.4 Å². The van der Waals surface area contributed by atoms with Gasteiger partial charge in [0.2, 0.25) is 0 Å². The number of hydrogen-bond donors (Lipinski definition) is 2. The van der Waals surface area contributed by atoms with Crippen LogP contribution in [0.15, 0.2) is 61.1 Å². The van der Waals surface area contributed by atoms with Crippen molar-refractivity contribution < 1.29 is 4.74 Å². The van der Waals surface area contributed by atoms with Gasteiger partial charge in [-0.15, -0.1) is 0 Å². The molecule has 6 rings (SSSR count). The number of benzene rings is 1. The molecule has 0 aliphatic heterocycles. The van der Waals surface area contributed by atoms with E-state index in [0.29, 0.717) is 6.04 Å². The summed E-state index contributed by atoms with van der Waals surface area (Å²) in [5.41, 5.74) is 3.66. The number of hydrogen-bond acceptors (Lipinski definition) is 6. The number of fused-ring (bicyclic) bond motifs is 2. The molecule has 160 valence electrons. The smallest absolute Gasteiger partial charge is 0.184 e. The third-order valence-electron chi connectivity index (χ3n) is 5.96. The SMILES string of the molecule is c1cc(Oc2ccc3nc(NC4CCCCC4)sc3c2)cc(-c2cnc3[nH]ccc3c2)n1. The van der Waals surface area contributed by atoms with Crippen LogP contribution >= 0.6 is 11.3 Å².